The second-order valence-electron chi connectivity index (χ2n) is 3.68. The van der Waals surface area contributed by atoms with Gasteiger partial charge in [-0.15, -0.1) is 0 Å². The van der Waals surface area contributed by atoms with Crippen LogP contribution in [0.25, 0.3) is 0 Å². The first kappa shape index (κ1) is 20.6. The lowest BCUT2D eigenvalue weighted by atomic mass is 10.2. The van der Waals surface area contributed by atoms with Gasteiger partial charge >= 0.3 is 23.9 Å². The number of hydrogen-bond donors (Lipinski definition) is 6. The van der Waals surface area contributed by atoms with Gasteiger partial charge in [0.15, 0.2) is 0 Å². The summed E-state index contributed by atoms with van der Waals surface area (Å²) in [6, 6.07) is -1.47. The van der Waals surface area contributed by atoms with E-state index in [0.29, 0.717) is 19.4 Å². The number of primary amides is 1. The number of urea groups is 1. The van der Waals surface area contributed by atoms with Crippen LogP contribution in [0.15, 0.2) is 0 Å². The molecule has 0 aromatic carbocycles. The van der Waals surface area contributed by atoms with Crippen molar-refractivity contribution in [1.82, 2.24) is 5.32 Å². The average molecular weight is 307 g/mol. The molecule has 0 saturated heterocycles. The Labute approximate surface area is 118 Å². The zero-order chi connectivity index (χ0) is 17.0. The van der Waals surface area contributed by atoms with Crippen molar-refractivity contribution >= 4 is 29.7 Å². The molecule has 0 aliphatic heterocycles. The molecule has 0 aromatic heterocycles. The van der Waals surface area contributed by atoms with Gasteiger partial charge in [-0.3, -0.25) is 14.4 Å². The van der Waals surface area contributed by atoms with E-state index in [0.717, 1.165) is 0 Å². The summed E-state index contributed by atoms with van der Waals surface area (Å²) in [6.07, 6.45) is -0.110. The largest absolute Gasteiger partial charge is 0.481 e. The van der Waals surface area contributed by atoms with Crippen molar-refractivity contribution in [2.75, 3.05) is 6.54 Å². The molecule has 1 atom stereocenters. The van der Waals surface area contributed by atoms with Crippen LogP contribution in [0.5, 0.6) is 0 Å². The SMILES string of the molecule is NC(=O)NCCCC(N)C(=O)O.O=C(O)CC(=O)C(=O)O. The van der Waals surface area contributed by atoms with Gasteiger partial charge in [0.25, 0.3) is 5.78 Å². The van der Waals surface area contributed by atoms with E-state index in [9.17, 15) is 24.0 Å². The summed E-state index contributed by atoms with van der Waals surface area (Å²) < 4.78 is 0. The van der Waals surface area contributed by atoms with Crippen molar-refractivity contribution in [2.24, 2.45) is 11.5 Å². The summed E-state index contributed by atoms with van der Waals surface area (Å²) in [6.45, 7) is 0.357. The number of nitrogens with one attached hydrogen (secondary N) is 1. The number of carbonyl (C=O) groups excluding carboxylic acids is 2. The van der Waals surface area contributed by atoms with E-state index < -0.39 is 42.2 Å². The predicted octanol–water partition coefficient (Wildman–Crippen LogP) is -2.04. The molecular weight excluding hydrogens is 290 g/mol. The van der Waals surface area contributed by atoms with Gasteiger partial charge < -0.3 is 32.1 Å². The van der Waals surface area contributed by atoms with Gasteiger partial charge in [-0.1, -0.05) is 0 Å². The van der Waals surface area contributed by atoms with Gasteiger partial charge in [-0.25, -0.2) is 9.59 Å². The molecule has 0 bridgehead atoms. The number of carbonyl (C=O) groups is 5. The van der Waals surface area contributed by atoms with E-state index in [1.54, 1.807) is 0 Å². The van der Waals surface area contributed by atoms with Crippen molar-refractivity contribution in [2.45, 2.75) is 25.3 Å². The van der Waals surface area contributed by atoms with Crippen molar-refractivity contribution in [3.05, 3.63) is 0 Å². The maximum atomic E-state index is 10.2. The Balaban J connectivity index is 0. The summed E-state index contributed by atoms with van der Waals surface area (Å²) in [5.41, 5.74) is 9.96. The highest BCUT2D eigenvalue weighted by Gasteiger charge is 2.14. The predicted molar refractivity (Wildman–Crippen MR) is 67.3 cm³/mol. The molecule has 0 aliphatic carbocycles. The molecule has 8 N–H and O–H groups in total. The van der Waals surface area contributed by atoms with Crippen molar-refractivity contribution in [3.8, 4) is 0 Å². The van der Waals surface area contributed by atoms with Gasteiger partial charge in [-0.2, -0.15) is 0 Å². The molecule has 0 radical (unpaired) electrons. The molecule has 0 rings (SSSR count). The van der Waals surface area contributed by atoms with E-state index in [4.69, 9.17) is 26.8 Å². The lowest BCUT2D eigenvalue weighted by Gasteiger charge is -2.05. The van der Waals surface area contributed by atoms with Crippen LogP contribution < -0.4 is 16.8 Å². The third-order valence-electron chi connectivity index (χ3n) is 1.86. The summed E-state index contributed by atoms with van der Waals surface area (Å²) in [5.74, 6) is -5.48. The molecule has 0 spiro atoms. The number of amides is 2. The molecule has 11 heteroatoms. The summed E-state index contributed by atoms with van der Waals surface area (Å²) in [5, 5.41) is 26.4. The summed E-state index contributed by atoms with van der Waals surface area (Å²) in [4.78, 5) is 49.6. The standard InChI is InChI=1S/C6H13N3O3.C4H4O5/c7-4(5(10)11)2-1-3-9-6(8)12;5-2(4(8)9)1-3(6)7/h4H,1-3,7H2,(H,10,11)(H3,8,9,12);1H2,(H,6,7)(H,8,9). The molecular formula is C10H17N3O8. The van der Waals surface area contributed by atoms with Gasteiger partial charge in [0.2, 0.25) is 0 Å². The maximum absolute atomic E-state index is 10.2. The van der Waals surface area contributed by atoms with Gasteiger partial charge in [0, 0.05) is 6.54 Å². The van der Waals surface area contributed by atoms with Crippen LogP contribution in [0.3, 0.4) is 0 Å². The Hall–Kier alpha value is -2.69. The Bertz CT molecular complexity index is 409. The Morgan fingerprint density at radius 3 is 1.86 bits per heavy atom. The summed E-state index contributed by atoms with van der Waals surface area (Å²) >= 11 is 0. The van der Waals surface area contributed by atoms with Crippen molar-refractivity contribution < 1.29 is 39.3 Å². The van der Waals surface area contributed by atoms with Crippen LogP contribution in [0.4, 0.5) is 4.79 Å². The third-order valence-corrected chi connectivity index (χ3v) is 1.86. The number of carboxylic acids is 3. The Morgan fingerprint density at radius 1 is 1.05 bits per heavy atom. The van der Waals surface area contributed by atoms with Crippen LogP contribution in [-0.2, 0) is 19.2 Å². The molecule has 0 fully saturated rings. The number of carboxylic acid groups (broad SMARTS) is 3. The van der Waals surface area contributed by atoms with Crippen LogP contribution >= 0.6 is 0 Å². The Kier molecular flexibility index (Phi) is 11.0. The van der Waals surface area contributed by atoms with E-state index in [-0.39, 0.29) is 0 Å². The van der Waals surface area contributed by atoms with E-state index in [2.05, 4.69) is 5.32 Å². The molecule has 21 heavy (non-hydrogen) atoms. The smallest absolute Gasteiger partial charge is 0.372 e. The van der Waals surface area contributed by atoms with Gasteiger partial charge in [0.1, 0.15) is 12.5 Å². The summed E-state index contributed by atoms with van der Waals surface area (Å²) in [7, 11) is 0. The highest BCUT2D eigenvalue weighted by atomic mass is 16.4. The van der Waals surface area contributed by atoms with Gasteiger partial charge in [-0.05, 0) is 12.8 Å². The fourth-order valence-electron chi connectivity index (χ4n) is 0.870. The first-order chi connectivity index (χ1) is 9.57. The second-order valence-corrected chi connectivity index (χ2v) is 3.68. The Morgan fingerprint density at radius 2 is 1.57 bits per heavy atom. The van der Waals surface area contributed by atoms with E-state index >= 15 is 0 Å². The number of hydrogen-bond acceptors (Lipinski definition) is 6. The number of aliphatic carboxylic acids is 3. The fraction of sp³-hybridized carbons (Fsp3) is 0.500. The van der Waals surface area contributed by atoms with Crippen LogP contribution in [0, 0.1) is 0 Å². The molecule has 1 unspecified atom stereocenters. The van der Waals surface area contributed by atoms with E-state index in [1.165, 1.54) is 0 Å². The second kappa shape index (κ2) is 11.2. The molecule has 0 aromatic rings. The number of nitrogens with two attached hydrogens (primary N) is 2. The number of ketones is 1. The quantitative estimate of drug-likeness (QED) is 0.165. The zero-order valence-electron chi connectivity index (χ0n) is 10.9. The minimum atomic E-state index is -1.71. The highest BCUT2D eigenvalue weighted by molar-refractivity contribution is 6.35. The first-order valence-corrected chi connectivity index (χ1v) is 5.57. The van der Waals surface area contributed by atoms with E-state index in [1.807, 2.05) is 0 Å². The molecule has 2 amide bonds. The van der Waals surface area contributed by atoms with Crippen molar-refractivity contribution in [3.63, 3.8) is 0 Å². The molecule has 11 nitrogen and oxygen atoms in total. The van der Waals surface area contributed by atoms with Gasteiger partial charge in [0.05, 0.1) is 0 Å². The van der Waals surface area contributed by atoms with Crippen LogP contribution in [0.1, 0.15) is 19.3 Å². The normalized spacial score (nSPS) is 10.5. The lowest BCUT2D eigenvalue weighted by Crippen LogP contribution is -2.33. The first-order valence-electron chi connectivity index (χ1n) is 5.57. The minimum Gasteiger partial charge on any atom is -0.481 e. The zero-order valence-corrected chi connectivity index (χ0v) is 10.9. The molecule has 0 saturated carbocycles. The number of rotatable bonds is 8. The topological polar surface area (TPSA) is 210 Å². The highest BCUT2D eigenvalue weighted by Crippen LogP contribution is 1.92. The fourth-order valence-corrected chi connectivity index (χ4v) is 0.870. The minimum absolute atomic E-state index is 0.329. The van der Waals surface area contributed by atoms with Crippen molar-refractivity contribution in [1.29, 1.82) is 0 Å². The monoisotopic (exact) mass is 307 g/mol. The third kappa shape index (κ3) is 15.3. The number of Topliss-reactive ketones (excluding diaryl/α,β-unsaturated/α-hetero) is 1. The lowest BCUT2D eigenvalue weighted by molar-refractivity contribution is -0.152. The van der Waals surface area contributed by atoms with Crippen LogP contribution in [-0.4, -0.2) is 57.6 Å². The maximum Gasteiger partial charge on any atom is 0.372 e. The average Bonchev–Trinajstić information content (AvgIpc) is 2.33. The molecule has 0 heterocycles. The molecule has 0 aliphatic rings. The molecule has 120 valence electrons. The van der Waals surface area contributed by atoms with Crippen LogP contribution in [0.2, 0.25) is 0 Å².